The van der Waals surface area contributed by atoms with Crippen molar-refractivity contribution in [2.75, 3.05) is 13.1 Å². The van der Waals surface area contributed by atoms with Crippen molar-refractivity contribution in [3.05, 3.63) is 0 Å². The molecule has 1 rings (SSSR count). The van der Waals surface area contributed by atoms with Crippen LogP contribution in [-0.4, -0.2) is 41.9 Å². The molecule has 104 valence electrons. The third kappa shape index (κ3) is 5.35. The van der Waals surface area contributed by atoms with E-state index in [0.29, 0.717) is 6.54 Å². The smallest absolute Gasteiger partial charge is 0.407 e. The normalized spacial score (nSPS) is 24.4. The first-order valence-corrected chi connectivity index (χ1v) is 6.20. The number of ether oxygens (including phenoxy) is 1. The number of hydrogen-bond acceptors (Lipinski definition) is 4. The van der Waals surface area contributed by atoms with E-state index in [1.165, 1.54) is 0 Å². The molecule has 1 saturated heterocycles. The maximum atomic E-state index is 11.7. The molecule has 6 heteroatoms. The predicted octanol–water partition coefficient (Wildman–Crippen LogP) is 0.964. The summed E-state index contributed by atoms with van der Waals surface area (Å²) in [6, 6.07) is -0.141. The van der Waals surface area contributed by atoms with Crippen LogP contribution >= 0.6 is 0 Å². The third-order valence-corrected chi connectivity index (χ3v) is 2.75. The number of piperidine rings is 1. The third-order valence-electron chi connectivity index (χ3n) is 2.75. The van der Waals surface area contributed by atoms with Crippen molar-refractivity contribution in [2.45, 2.75) is 45.3 Å². The summed E-state index contributed by atoms with van der Waals surface area (Å²) in [5, 5.41) is 14.7. The zero-order chi connectivity index (χ0) is 13.8. The molecule has 1 fully saturated rings. The van der Waals surface area contributed by atoms with Gasteiger partial charge in [-0.25, -0.2) is 4.79 Å². The summed E-state index contributed by atoms with van der Waals surface area (Å²) >= 11 is 0. The molecule has 0 aromatic carbocycles. The van der Waals surface area contributed by atoms with Gasteiger partial charge >= 0.3 is 12.1 Å². The summed E-state index contributed by atoms with van der Waals surface area (Å²) in [5.41, 5.74) is -0.542. The van der Waals surface area contributed by atoms with E-state index in [9.17, 15) is 9.59 Å². The topological polar surface area (TPSA) is 87.7 Å². The molecule has 0 radical (unpaired) electrons. The van der Waals surface area contributed by atoms with Crippen molar-refractivity contribution in [1.29, 1.82) is 0 Å². The van der Waals surface area contributed by atoms with Crippen LogP contribution in [0, 0.1) is 5.92 Å². The standard InChI is InChI=1S/C12H22N2O4/c1-12(2,3)18-11(17)14-9-4-5-13-7-8(9)6-10(15)16/h8-9,13H,4-7H2,1-3H3,(H,14,17)(H,15,16)/t8-,9+/m0/s1. The molecule has 1 aliphatic heterocycles. The molecule has 1 aliphatic rings. The summed E-state index contributed by atoms with van der Waals surface area (Å²) in [5.74, 6) is -0.941. The van der Waals surface area contributed by atoms with Gasteiger partial charge in [-0.15, -0.1) is 0 Å². The van der Waals surface area contributed by atoms with Gasteiger partial charge < -0.3 is 20.5 Å². The van der Waals surface area contributed by atoms with Crippen LogP contribution in [-0.2, 0) is 9.53 Å². The van der Waals surface area contributed by atoms with E-state index < -0.39 is 17.7 Å². The molecule has 0 aromatic heterocycles. The number of aliphatic carboxylic acids is 1. The lowest BCUT2D eigenvalue weighted by Crippen LogP contribution is -2.51. The summed E-state index contributed by atoms with van der Waals surface area (Å²) in [6.07, 6.45) is 0.287. The Labute approximate surface area is 107 Å². The number of carbonyl (C=O) groups excluding carboxylic acids is 1. The molecule has 2 atom stereocenters. The van der Waals surface area contributed by atoms with Crippen molar-refractivity contribution in [1.82, 2.24) is 10.6 Å². The van der Waals surface area contributed by atoms with E-state index in [-0.39, 0.29) is 18.4 Å². The van der Waals surface area contributed by atoms with Crippen molar-refractivity contribution in [3.63, 3.8) is 0 Å². The van der Waals surface area contributed by atoms with Crippen molar-refractivity contribution in [2.24, 2.45) is 5.92 Å². The minimum Gasteiger partial charge on any atom is -0.481 e. The fraction of sp³-hybridized carbons (Fsp3) is 0.833. The maximum Gasteiger partial charge on any atom is 0.407 e. The van der Waals surface area contributed by atoms with E-state index >= 15 is 0 Å². The molecule has 1 amide bonds. The Bertz CT molecular complexity index is 312. The van der Waals surface area contributed by atoms with Gasteiger partial charge in [0, 0.05) is 18.5 Å². The Balaban J connectivity index is 2.51. The average molecular weight is 258 g/mol. The molecule has 0 aliphatic carbocycles. The van der Waals surface area contributed by atoms with Gasteiger partial charge in [-0.2, -0.15) is 0 Å². The van der Waals surface area contributed by atoms with Crippen molar-refractivity contribution >= 4 is 12.1 Å². The first-order valence-electron chi connectivity index (χ1n) is 6.20. The second-order valence-corrected chi connectivity index (χ2v) is 5.60. The second kappa shape index (κ2) is 6.04. The van der Waals surface area contributed by atoms with Gasteiger partial charge in [0.2, 0.25) is 0 Å². The fourth-order valence-electron chi connectivity index (χ4n) is 2.01. The fourth-order valence-corrected chi connectivity index (χ4v) is 2.01. The molecule has 6 nitrogen and oxygen atoms in total. The van der Waals surface area contributed by atoms with E-state index in [2.05, 4.69) is 10.6 Å². The van der Waals surface area contributed by atoms with Crippen LogP contribution < -0.4 is 10.6 Å². The van der Waals surface area contributed by atoms with Crippen LogP contribution in [0.4, 0.5) is 4.79 Å². The Morgan fingerprint density at radius 2 is 2.11 bits per heavy atom. The molecule has 1 heterocycles. The number of carboxylic acid groups (broad SMARTS) is 1. The summed E-state index contributed by atoms with van der Waals surface area (Å²) in [4.78, 5) is 22.4. The minimum absolute atomic E-state index is 0.0491. The molecule has 0 unspecified atom stereocenters. The predicted molar refractivity (Wildman–Crippen MR) is 66.4 cm³/mol. The Hall–Kier alpha value is -1.30. The van der Waals surface area contributed by atoms with Gasteiger partial charge in [0.25, 0.3) is 0 Å². The number of carbonyl (C=O) groups is 2. The monoisotopic (exact) mass is 258 g/mol. The van der Waals surface area contributed by atoms with Crippen LogP contribution in [0.2, 0.25) is 0 Å². The largest absolute Gasteiger partial charge is 0.481 e. The highest BCUT2D eigenvalue weighted by atomic mass is 16.6. The van der Waals surface area contributed by atoms with Crippen molar-refractivity contribution in [3.8, 4) is 0 Å². The zero-order valence-corrected chi connectivity index (χ0v) is 11.2. The number of alkyl carbamates (subject to hydrolysis) is 1. The summed E-state index contributed by atoms with van der Waals surface area (Å²) < 4.78 is 5.18. The molecule has 0 spiro atoms. The first kappa shape index (κ1) is 14.8. The lowest BCUT2D eigenvalue weighted by atomic mass is 9.90. The average Bonchev–Trinajstić information content (AvgIpc) is 2.17. The Morgan fingerprint density at radius 3 is 2.67 bits per heavy atom. The number of nitrogens with one attached hydrogen (secondary N) is 2. The van der Waals surface area contributed by atoms with Gasteiger partial charge in [-0.1, -0.05) is 0 Å². The van der Waals surface area contributed by atoms with Gasteiger partial charge in [-0.05, 0) is 33.7 Å². The molecule has 0 saturated carbocycles. The van der Waals surface area contributed by atoms with E-state index in [4.69, 9.17) is 9.84 Å². The van der Waals surface area contributed by atoms with Crippen molar-refractivity contribution < 1.29 is 19.4 Å². The molecule has 0 aromatic rings. The number of amides is 1. The molecular weight excluding hydrogens is 236 g/mol. The van der Waals surface area contributed by atoms with E-state index in [1.807, 2.05) is 0 Å². The zero-order valence-electron chi connectivity index (χ0n) is 11.2. The van der Waals surface area contributed by atoms with Gasteiger partial charge in [-0.3, -0.25) is 4.79 Å². The van der Waals surface area contributed by atoms with Crippen LogP contribution in [0.1, 0.15) is 33.6 Å². The molecule has 3 N–H and O–H groups in total. The number of rotatable bonds is 3. The first-order chi connectivity index (χ1) is 8.28. The van der Waals surface area contributed by atoms with Crippen LogP contribution in [0.3, 0.4) is 0 Å². The quantitative estimate of drug-likeness (QED) is 0.702. The Kier molecular flexibility index (Phi) is 4.95. The summed E-state index contributed by atoms with van der Waals surface area (Å²) in [7, 11) is 0. The number of hydrogen-bond donors (Lipinski definition) is 3. The highest BCUT2D eigenvalue weighted by Crippen LogP contribution is 2.16. The van der Waals surface area contributed by atoms with Gasteiger partial charge in [0.05, 0.1) is 6.42 Å². The molecule has 0 bridgehead atoms. The van der Waals surface area contributed by atoms with Crippen LogP contribution in [0.15, 0.2) is 0 Å². The molecular formula is C12H22N2O4. The van der Waals surface area contributed by atoms with Gasteiger partial charge in [0.1, 0.15) is 5.60 Å². The maximum absolute atomic E-state index is 11.7. The lowest BCUT2D eigenvalue weighted by molar-refractivity contribution is -0.138. The SMILES string of the molecule is CC(C)(C)OC(=O)N[C@@H]1CCNC[C@@H]1CC(=O)O. The second-order valence-electron chi connectivity index (χ2n) is 5.60. The van der Waals surface area contributed by atoms with Crippen LogP contribution in [0.25, 0.3) is 0 Å². The van der Waals surface area contributed by atoms with E-state index in [1.54, 1.807) is 20.8 Å². The summed E-state index contributed by atoms with van der Waals surface area (Å²) in [6.45, 7) is 6.76. The minimum atomic E-state index is -0.848. The van der Waals surface area contributed by atoms with Crippen LogP contribution in [0.5, 0.6) is 0 Å². The van der Waals surface area contributed by atoms with Gasteiger partial charge in [0.15, 0.2) is 0 Å². The number of carboxylic acids is 1. The molecule has 18 heavy (non-hydrogen) atoms. The highest BCUT2D eigenvalue weighted by molar-refractivity contribution is 5.69. The highest BCUT2D eigenvalue weighted by Gasteiger charge is 2.29. The van der Waals surface area contributed by atoms with E-state index in [0.717, 1.165) is 13.0 Å². The lowest BCUT2D eigenvalue weighted by Gasteiger charge is -2.32. The Morgan fingerprint density at radius 1 is 1.44 bits per heavy atom.